The van der Waals surface area contributed by atoms with Crippen LogP contribution < -0.4 is 10.9 Å². The van der Waals surface area contributed by atoms with Gasteiger partial charge in [-0.15, -0.1) is 0 Å². The van der Waals surface area contributed by atoms with E-state index < -0.39 is 17.3 Å². The molecule has 2 N–H and O–H groups in total. The number of amides is 1. The van der Waals surface area contributed by atoms with Crippen LogP contribution in [0.2, 0.25) is 0 Å². The molecule has 0 bridgehead atoms. The number of para-hydroxylation sites is 1. The minimum absolute atomic E-state index is 0.0410. The van der Waals surface area contributed by atoms with Crippen molar-refractivity contribution in [1.29, 1.82) is 0 Å². The Labute approximate surface area is 137 Å². The molecule has 0 aliphatic heterocycles. The highest BCUT2D eigenvalue weighted by atomic mass is 19.1. The van der Waals surface area contributed by atoms with Gasteiger partial charge >= 0.3 is 0 Å². The van der Waals surface area contributed by atoms with E-state index in [4.69, 9.17) is 0 Å². The third-order valence-corrected chi connectivity index (χ3v) is 3.53. The summed E-state index contributed by atoms with van der Waals surface area (Å²) in [6, 6.07) is 7.89. The fraction of sp³-hybridized carbons (Fsp3) is 0.118. The minimum atomic E-state index is -0.540. The summed E-state index contributed by atoms with van der Waals surface area (Å²) in [5.41, 5.74) is 1.48. The van der Waals surface area contributed by atoms with Gasteiger partial charge in [-0.2, -0.15) is 5.10 Å². The Hall–Kier alpha value is -3.22. The number of nitrogens with zero attached hydrogens (tertiary/aromatic N) is 2. The van der Waals surface area contributed by atoms with Crippen LogP contribution in [-0.4, -0.2) is 20.7 Å². The van der Waals surface area contributed by atoms with E-state index >= 15 is 0 Å². The van der Waals surface area contributed by atoms with Gasteiger partial charge in [-0.3, -0.25) is 9.59 Å². The van der Waals surface area contributed by atoms with Crippen LogP contribution in [-0.2, 0) is 0 Å². The van der Waals surface area contributed by atoms with E-state index in [1.54, 1.807) is 38.1 Å². The number of aryl methyl sites for hydroxylation is 2. The molecule has 24 heavy (non-hydrogen) atoms. The van der Waals surface area contributed by atoms with E-state index in [1.807, 2.05) is 0 Å². The topological polar surface area (TPSA) is 79.8 Å². The van der Waals surface area contributed by atoms with Crippen molar-refractivity contribution < 1.29 is 9.18 Å². The molecule has 1 amide bonds. The Bertz CT molecular complexity index is 975. The first-order chi connectivity index (χ1) is 11.5. The predicted octanol–water partition coefficient (Wildman–Crippen LogP) is 2.57. The van der Waals surface area contributed by atoms with Crippen molar-refractivity contribution in [2.75, 3.05) is 5.32 Å². The van der Waals surface area contributed by atoms with E-state index in [1.165, 1.54) is 23.1 Å². The average molecular weight is 326 g/mol. The standard InChI is InChI=1S/C17H15FN4O2/c1-10-7-11(2)20-16(23)15(10)17(24)21-12-8-19-22(9-12)14-6-4-3-5-13(14)18/h3-9H,1-2H3,(H,20,23)(H,21,24). The lowest BCUT2D eigenvalue weighted by atomic mass is 10.1. The van der Waals surface area contributed by atoms with Crippen molar-refractivity contribution in [2.45, 2.75) is 13.8 Å². The van der Waals surface area contributed by atoms with Gasteiger partial charge in [-0.05, 0) is 37.6 Å². The first kappa shape index (κ1) is 15.7. The van der Waals surface area contributed by atoms with Gasteiger partial charge in [-0.1, -0.05) is 12.1 Å². The summed E-state index contributed by atoms with van der Waals surface area (Å²) in [4.78, 5) is 26.9. The molecule has 3 rings (SSSR count). The zero-order valence-corrected chi connectivity index (χ0v) is 13.1. The normalized spacial score (nSPS) is 10.6. The number of carbonyl (C=O) groups excluding carboxylic acids is 1. The van der Waals surface area contributed by atoms with E-state index in [-0.39, 0.29) is 11.3 Å². The van der Waals surface area contributed by atoms with Gasteiger partial charge in [0.2, 0.25) is 0 Å². The van der Waals surface area contributed by atoms with Crippen molar-refractivity contribution in [3.05, 3.63) is 75.7 Å². The number of nitrogens with one attached hydrogen (secondary N) is 2. The van der Waals surface area contributed by atoms with Crippen LogP contribution in [0.5, 0.6) is 0 Å². The molecule has 0 saturated heterocycles. The molecule has 0 saturated carbocycles. The van der Waals surface area contributed by atoms with Crippen molar-refractivity contribution in [2.24, 2.45) is 0 Å². The van der Waals surface area contributed by atoms with Crippen LogP contribution in [0.3, 0.4) is 0 Å². The molecule has 0 fully saturated rings. The SMILES string of the molecule is Cc1cc(C)c(C(=O)Nc2cnn(-c3ccccc3F)c2)c(=O)[nH]1. The Morgan fingerprint density at radius 2 is 2.04 bits per heavy atom. The number of H-pyrrole nitrogens is 1. The molecule has 0 aliphatic rings. The predicted molar refractivity (Wildman–Crippen MR) is 88.0 cm³/mol. The number of aromatic nitrogens is 3. The van der Waals surface area contributed by atoms with Crippen molar-refractivity contribution >= 4 is 11.6 Å². The van der Waals surface area contributed by atoms with Gasteiger partial charge in [0.1, 0.15) is 17.1 Å². The van der Waals surface area contributed by atoms with Crippen molar-refractivity contribution in [3.8, 4) is 5.69 Å². The molecule has 6 nitrogen and oxygen atoms in total. The zero-order chi connectivity index (χ0) is 17.3. The maximum Gasteiger partial charge on any atom is 0.261 e. The molecule has 7 heteroatoms. The Kier molecular flexibility index (Phi) is 3.99. The highest BCUT2D eigenvalue weighted by Crippen LogP contribution is 2.15. The number of rotatable bonds is 3. The van der Waals surface area contributed by atoms with E-state index in [0.717, 1.165) is 0 Å². The molecule has 0 aliphatic carbocycles. The lowest BCUT2D eigenvalue weighted by Crippen LogP contribution is -2.25. The molecule has 2 heterocycles. The lowest BCUT2D eigenvalue weighted by Gasteiger charge is -2.06. The second-order valence-corrected chi connectivity index (χ2v) is 5.42. The third kappa shape index (κ3) is 2.96. The first-order valence-corrected chi connectivity index (χ1v) is 7.27. The average Bonchev–Trinajstić information content (AvgIpc) is 2.94. The fourth-order valence-corrected chi connectivity index (χ4v) is 2.49. The van der Waals surface area contributed by atoms with Gasteiger partial charge in [0.25, 0.3) is 11.5 Å². The van der Waals surface area contributed by atoms with Crippen LogP contribution in [0.1, 0.15) is 21.6 Å². The van der Waals surface area contributed by atoms with E-state index in [2.05, 4.69) is 15.4 Å². The number of hydrogen-bond acceptors (Lipinski definition) is 3. The largest absolute Gasteiger partial charge is 0.326 e. The minimum Gasteiger partial charge on any atom is -0.326 e. The fourth-order valence-electron chi connectivity index (χ4n) is 2.49. The summed E-state index contributed by atoms with van der Waals surface area (Å²) < 4.78 is 15.1. The summed E-state index contributed by atoms with van der Waals surface area (Å²) in [5, 5.41) is 6.63. The number of anilines is 1. The quantitative estimate of drug-likeness (QED) is 0.776. The van der Waals surface area contributed by atoms with Crippen molar-refractivity contribution in [1.82, 2.24) is 14.8 Å². The van der Waals surface area contributed by atoms with Gasteiger partial charge in [0.15, 0.2) is 0 Å². The summed E-state index contributed by atoms with van der Waals surface area (Å²) in [6.45, 7) is 3.44. The Morgan fingerprint density at radius 1 is 1.29 bits per heavy atom. The number of pyridine rings is 1. The zero-order valence-electron chi connectivity index (χ0n) is 13.1. The Balaban J connectivity index is 1.87. The summed E-state index contributed by atoms with van der Waals surface area (Å²) >= 11 is 0. The number of benzene rings is 1. The van der Waals surface area contributed by atoms with Gasteiger partial charge < -0.3 is 10.3 Å². The number of carbonyl (C=O) groups is 1. The second-order valence-electron chi connectivity index (χ2n) is 5.42. The number of halogens is 1. The molecule has 2 aromatic heterocycles. The van der Waals surface area contributed by atoms with E-state index in [9.17, 15) is 14.0 Å². The Morgan fingerprint density at radius 3 is 2.75 bits per heavy atom. The smallest absolute Gasteiger partial charge is 0.261 e. The van der Waals surface area contributed by atoms with Crippen LogP contribution in [0.15, 0.2) is 47.5 Å². The summed E-state index contributed by atoms with van der Waals surface area (Å²) in [5.74, 6) is -0.967. The van der Waals surface area contributed by atoms with Crippen molar-refractivity contribution in [3.63, 3.8) is 0 Å². The molecule has 0 unspecified atom stereocenters. The van der Waals surface area contributed by atoms with Crippen LogP contribution >= 0.6 is 0 Å². The molecule has 1 aromatic carbocycles. The maximum atomic E-state index is 13.8. The highest BCUT2D eigenvalue weighted by Gasteiger charge is 2.15. The highest BCUT2D eigenvalue weighted by molar-refractivity contribution is 6.04. The molecular weight excluding hydrogens is 311 g/mol. The number of hydrogen-bond donors (Lipinski definition) is 2. The number of aromatic amines is 1. The lowest BCUT2D eigenvalue weighted by molar-refractivity contribution is 0.102. The summed E-state index contributed by atoms with van der Waals surface area (Å²) in [6.07, 6.45) is 2.87. The van der Waals surface area contributed by atoms with Gasteiger partial charge in [0, 0.05) is 5.69 Å². The second kappa shape index (κ2) is 6.11. The summed E-state index contributed by atoms with van der Waals surface area (Å²) in [7, 11) is 0. The molecule has 122 valence electrons. The first-order valence-electron chi connectivity index (χ1n) is 7.27. The van der Waals surface area contributed by atoms with Crippen LogP contribution in [0, 0.1) is 19.7 Å². The molecule has 0 spiro atoms. The van der Waals surface area contributed by atoms with Gasteiger partial charge in [0.05, 0.1) is 18.1 Å². The third-order valence-electron chi connectivity index (χ3n) is 3.53. The van der Waals surface area contributed by atoms with Gasteiger partial charge in [-0.25, -0.2) is 9.07 Å². The van der Waals surface area contributed by atoms with Crippen LogP contribution in [0.4, 0.5) is 10.1 Å². The molecule has 0 radical (unpaired) electrons. The maximum absolute atomic E-state index is 13.8. The molecular formula is C17H15FN4O2. The van der Waals surface area contributed by atoms with E-state index in [0.29, 0.717) is 16.9 Å². The monoisotopic (exact) mass is 326 g/mol. The molecule has 3 aromatic rings. The molecule has 0 atom stereocenters. The van der Waals surface area contributed by atoms with Crippen LogP contribution in [0.25, 0.3) is 5.69 Å².